The van der Waals surface area contributed by atoms with Crippen LogP contribution in [-0.4, -0.2) is 17.8 Å². The summed E-state index contributed by atoms with van der Waals surface area (Å²) in [6.45, 7) is 9.02. The summed E-state index contributed by atoms with van der Waals surface area (Å²) in [5.41, 5.74) is 3.27. The minimum atomic E-state index is -0.120. The van der Waals surface area contributed by atoms with Gasteiger partial charge in [-0.25, -0.2) is 0 Å². The van der Waals surface area contributed by atoms with Crippen LogP contribution in [0.25, 0.3) is 0 Å². The molecule has 0 spiro atoms. The standard InChI is InChI=1S/C28H35NO2/c1-18-16-20-9-10-21-23-7-4-8-25(30)27(23,2)13-11-24(21)28(20,3)17-22(18)26(31)19-6-5-14-29-15-12-19/h6,9,12,14-15,21-24H,1,4-5,7-8,10-11,13,16-17H2,2-3H3. The number of ketones is 2. The van der Waals surface area contributed by atoms with Gasteiger partial charge in [-0.05, 0) is 74.2 Å². The fourth-order valence-corrected chi connectivity index (χ4v) is 7.77. The van der Waals surface area contributed by atoms with Gasteiger partial charge < -0.3 is 0 Å². The maximum atomic E-state index is 13.5. The van der Waals surface area contributed by atoms with Gasteiger partial charge in [0, 0.05) is 42.2 Å². The second-order valence-corrected chi connectivity index (χ2v) is 11.0. The normalized spacial score (nSPS) is 42.0. The summed E-state index contributed by atoms with van der Waals surface area (Å²) in [4.78, 5) is 30.6. The van der Waals surface area contributed by atoms with E-state index in [4.69, 9.17) is 0 Å². The summed E-state index contributed by atoms with van der Waals surface area (Å²) in [5.74, 6) is 2.25. The Balaban J connectivity index is 1.45. The summed E-state index contributed by atoms with van der Waals surface area (Å²) >= 11 is 0. The molecule has 0 radical (unpaired) electrons. The van der Waals surface area contributed by atoms with Crippen molar-refractivity contribution in [1.82, 2.24) is 0 Å². The van der Waals surface area contributed by atoms with Crippen LogP contribution >= 0.6 is 0 Å². The molecule has 31 heavy (non-hydrogen) atoms. The monoisotopic (exact) mass is 417 g/mol. The van der Waals surface area contributed by atoms with Crippen LogP contribution in [0.15, 0.2) is 52.7 Å². The summed E-state index contributed by atoms with van der Waals surface area (Å²) in [6.07, 6.45) is 18.6. The number of hydrogen-bond donors (Lipinski definition) is 0. The lowest BCUT2D eigenvalue weighted by Crippen LogP contribution is -2.54. The topological polar surface area (TPSA) is 46.5 Å². The Bertz CT molecular complexity index is 950. The van der Waals surface area contributed by atoms with Crippen molar-refractivity contribution in [2.45, 2.75) is 71.6 Å². The first-order valence-corrected chi connectivity index (χ1v) is 12.2. The molecule has 0 aromatic carbocycles. The Kier molecular flexibility index (Phi) is 5.07. The van der Waals surface area contributed by atoms with E-state index in [1.807, 2.05) is 18.4 Å². The van der Waals surface area contributed by atoms with Crippen LogP contribution in [0.4, 0.5) is 0 Å². The Labute approximate surface area is 186 Å². The quantitative estimate of drug-likeness (QED) is 0.504. The van der Waals surface area contributed by atoms with Gasteiger partial charge in [0.2, 0.25) is 0 Å². The minimum absolute atomic E-state index is 0.0394. The van der Waals surface area contributed by atoms with Crippen molar-refractivity contribution in [3.8, 4) is 0 Å². The van der Waals surface area contributed by atoms with Crippen LogP contribution in [0.3, 0.4) is 0 Å². The number of allylic oxidation sites excluding steroid dienone is 6. The number of fused-ring (bicyclic) bond motifs is 5. The highest BCUT2D eigenvalue weighted by atomic mass is 16.1. The molecule has 0 N–H and O–H groups in total. The second-order valence-electron chi connectivity index (χ2n) is 11.0. The highest BCUT2D eigenvalue weighted by Gasteiger charge is 2.58. The summed E-state index contributed by atoms with van der Waals surface area (Å²) in [7, 11) is 0. The molecule has 1 aliphatic heterocycles. The van der Waals surface area contributed by atoms with E-state index < -0.39 is 0 Å². The molecule has 5 rings (SSSR count). The van der Waals surface area contributed by atoms with E-state index in [9.17, 15) is 9.59 Å². The predicted octanol–water partition coefficient (Wildman–Crippen LogP) is 6.17. The van der Waals surface area contributed by atoms with Gasteiger partial charge in [0.25, 0.3) is 0 Å². The zero-order chi connectivity index (χ0) is 21.8. The van der Waals surface area contributed by atoms with Crippen LogP contribution < -0.4 is 0 Å². The Morgan fingerprint density at radius 2 is 1.97 bits per heavy atom. The number of hydrogen-bond acceptors (Lipinski definition) is 3. The number of nitrogens with zero attached hydrogens (tertiary/aromatic N) is 1. The van der Waals surface area contributed by atoms with Gasteiger partial charge in [-0.15, -0.1) is 0 Å². The second kappa shape index (κ2) is 7.53. The third-order valence-corrected chi connectivity index (χ3v) is 9.60. The number of carbonyl (C=O) groups excluding carboxylic acids is 2. The van der Waals surface area contributed by atoms with Gasteiger partial charge in [0.1, 0.15) is 5.78 Å². The van der Waals surface area contributed by atoms with E-state index in [-0.39, 0.29) is 22.5 Å². The van der Waals surface area contributed by atoms with Crippen LogP contribution in [0.1, 0.15) is 71.6 Å². The van der Waals surface area contributed by atoms with Gasteiger partial charge in [-0.2, -0.15) is 0 Å². The first-order valence-electron chi connectivity index (χ1n) is 12.2. The van der Waals surface area contributed by atoms with Gasteiger partial charge in [-0.1, -0.05) is 43.7 Å². The smallest absolute Gasteiger partial charge is 0.169 e. The number of Topliss-reactive ketones (excluding diaryl/α,β-unsaturated/α-hetero) is 2. The summed E-state index contributed by atoms with van der Waals surface area (Å²) in [6, 6.07) is 0. The van der Waals surface area contributed by atoms with Crippen molar-refractivity contribution in [2.24, 2.45) is 39.5 Å². The fraction of sp³-hybridized carbons (Fsp3) is 0.607. The van der Waals surface area contributed by atoms with Crippen molar-refractivity contribution in [1.29, 1.82) is 0 Å². The molecule has 5 aliphatic rings. The maximum Gasteiger partial charge on any atom is 0.169 e. The Morgan fingerprint density at radius 3 is 2.81 bits per heavy atom. The van der Waals surface area contributed by atoms with Crippen molar-refractivity contribution < 1.29 is 9.59 Å². The van der Waals surface area contributed by atoms with E-state index in [1.165, 1.54) is 12.0 Å². The lowest BCUT2D eigenvalue weighted by molar-refractivity contribution is -0.145. The van der Waals surface area contributed by atoms with E-state index in [0.717, 1.165) is 56.1 Å². The molecule has 3 nitrogen and oxygen atoms in total. The third kappa shape index (κ3) is 3.18. The van der Waals surface area contributed by atoms with E-state index in [2.05, 4.69) is 31.5 Å². The largest absolute Gasteiger partial charge is 0.299 e. The highest BCUT2D eigenvalue weighted by molar-refractivity contribution is 6.02. The van der Waals surface area contributed by atoms with Crippen molar-refractivity contribution in [3.63, 3.8) is 0 Å². The van der Waals surface area contributed by atoms with Crippen molar-refractivity contribution >= 4 is 17.8 Å². The lowest BCUT2D eigenvalue weighted by Gasteiger charge is -2.59. The molecule has 0 bridgehead atoms. The summed E-state index contributed by atoms with van der Waals surface area (Å²) in [5, 5.41) is 0. The molecule has 6 unspecified atom stereocenters. The first kappa shape index (κ1) is 20.8. The highest BCUT2D eigenvalue weighted by Crippen LogP contribution is 2.64. The molecule has 3 heteroatoms. The number of carbonyl (C=O) groups is 2. The molecular formula is C28H35NO2. The lowest BCUT2D eigenvalue weighted by atomic mass is 9.44. The van der Waals surface area contributed by atoms with E-state index >= 15 is 0 Å². The van der Waals surface area contributed by atoms with Gasteiger partial charge in [-0.3, -0.25) is 14.6 Å². The number of rotatable bonds is 2. The average Bonchev–Trinajstić information content (AvgIpc) is 3.04. The molecule has 3 fully saturated rings. The fourth-order valence-electron chi connectivity index (χ4n) is 7.77. The molecule has 3 saturated carbocycles. The zero-order valence-corrected chi connectivity index (χ0v) is 19.0. The third-order valence-electron chi connectivity index (χ3n) is 9.60. The van der Waals surface area contributed by atoms with Crippen molar-refractivity contribution in [2.75, 3.05) is 0 Å². The van der Waals surface area contributed by atoms with Crippen LogP contribution in [-0.2, 0) is 9.59 Å². The predicted molar refractivity (Wildman–Crippen MR) is 125 cm³/mol. The van der Waals surface area contributed by atoms with Crippen LogP contribution in [0.2, 0.25) is 0 Å². The minimum Gasteiger partial charge on any atom is -0.299 e. The van der Waals surface area contributed by atoms with Crippen molar-refractivity contribution in [3.05, 3.63) is 47.7 Å². The molecule has 1 heterocycles. The molecular weight excluding hydrogens is 382 g/mol. The molecule has 0 aromatic heterocycles. The van der Waals surface area contributed by atoms with Gasteiger partial charge in [0.15, 0.2) is 5.78 Å². The first-order chi connectivity index (χ1) is 14.8. The van der Waals surface area contributed by atoms with E-state index in [0.29, 0.717) is 30.0 Å². The molecule has 0 aromatic rings. The molecule has 164 valence electrons. The maximum absolute atomic E-state index is 13.5. The average molecular weight is 418 g/mol. The van der Waals surface area contributed by atoms with E-state index in [1.54, 1.807) is 6.20 Å². The van der Waals surface area contributed by atoms with Gasteiger partial charge >= 0.3 is 0 Å². The van der Waals surface area contributed by atoms with Gasteiger partial charge in [0.05, 0.1) is 0 Å². The summed E-state index contributed by atoms with van der Waals surface area (Å²) < 4.78 is 0. The zero-order valence-electron chi connectivity index (χ0n) is 19.0. The molecule has 0 amide bonds. The Hall–Kier alpha value is -2.03. The SMILES string of the molecule is C=C1CC2=CCC3C4CCCC(=O)C4(C)CCC3C2(C)CC1C(=O)C1=CCC=NC=C1. The molecule has 6 atom stereocenters. The van der Waals surface area contributed by atoms with Crippen LogP contribution in [0, 0.1) is 34.5 Å². The molecule has 4 aliphatic carbocycles. The number of aliphatic imine (C=N–C) groups is 1. The Morgan fingerprint density at radius 1 is 1.16 bits per heavy atom. The van der Waals surface area contributed by atoms with Crippen LogP contribution in [0.5, 0.6) is 0 Å². The molecule has 0 saturated heterocycles.